The highest BCUT2D eigenvalue weighted by atomic mass is 32.2. The second-order valence-corrected chi connectivity index (χ2v) is 20.3. The highest BCUT2D eigenvalue weighted by Crippen LogP contribution is 2.49. The number of rotatable bonds is 15. The van der Waals surface area contributed by atoms with Crippen molar-refractivity contribution in [3.8, 4) is 0 Å². The molecule has 0 spiro atoms. The van der Waals surface area contributed by atoms with Gasteiger partial charge in [0.15, 0.2) is 13.1 Å². The van der Waals surface area contributed by atoms with Gasteiger partial charge in [-0.25, -0.2) is 4.58 Å². The Kier molecular flexibility index (Phi) is 13.6. The van der Waals surface area contributed by atoms with E-state index in [9.17, 15) is 35.5 Å². The third-order valence-electron chi connectivity index (χ3n) is 12.3. The first-order valence-electron chi connectivity index (χ1n) is 20.9. The normalized spacial score (nSPS) is 21.5. The first kappa shape index (κ1) is 45.0. The van der Waals surface area contributed by atoms with E-state index in [1.165, 1.54) is 0 Å². The smallest absolute Gasteiger partial charge is 0.303 e. The fraction of sp³-hybridized carbons (Fsp3) is 0.489. The summed E-state index contributed by atoms with van der Waals surface area (Å²) in [6.07, 6.45) is 12.1. The van der Waals surface area contributed by atoms with Crippen molar-refractivity contribution in [3.05, 3.63) is 107 Å². The molecule has 1 saturated heterocycles. The largest absolute Gasteiger partial charge is 0.481 e. The first-order chi connectivity index (χ1) is 28.3. The molecule has 324 valence electrons. The van der Waals surface area contributed by atoms with Crippen molar-refractivity contribution in [2.45, 2.75) is 89.9 Å². The van der Waals surface area contributed by atoms with Crippen molar-refractivity contribution < 1.29 is 45.2 Å². The Morgan fingerprint density at radius 2 is 1.10 bits per heavy atom. The zero-order chi connectivity index (χ0) is 43.5. The van der Waals surface area contributed by atoms with Crippen LogP contribution in [-0.2, 0) is 40.7 Å². The average Bonchev–Trinajstić information content (AvgIpc) is 3.75. The predicted octanol–water partition coefficient (Wildman–Crippen LogP) is 6.49. The van der Waals surface area contributed by atoms with Crippen molar-refractivity contribution in [1.82, 2.24) is 4.90 Å². The van der Waals surface area contributed by atoms with Crippen LogP contribution in [0.25, 0.3) is 0 Å². The summed E-state index contributed by atoms with van der Waals surface area (Å²) < 4.78 is 68.0. The highest BCUT2D eigenvalue weighted by Gasteiger charge is 2.41. The minimum absolute atomic E-state index is 0.0340. The summed E-state index contributed by atoms with van der Waals surface area (Å²) in [5.41, 5.74) is 8.96. The lowest BCUT2D eigenvalue weighted by Gasteiger charge is -2.27. The molecule has 0 atom stereocenters. The molecule has 0 radical (unpaired) electrons. The minimum Gasteiger partial charge on any atom is -0.481 e. The third kappa shape index (κ3) is 10.3. The molecule has 0 unspecified atom stereocenters. The van der Waals surface area contributed by atoms with Crippen LogP contribution in [0.1, 0.15) is 90.2 Å². The fourth-order valence-electron chi connectivity index (χ4n) is 9.27. The van der Waals surface area contributed by atoms with Gasteiger partial charge in [-0.05, 0) is 73.9 Å². The number of carbonyl (C=O) groups excluding carboxylic acids is 1. The van der Waals surface area contributed by atoms with Crippen LogP contribution in [-0.4, -0.2) is 109 Å². The number of carboxylic acids is 1. The summed E-state index contributed by atoms with van der Waals surface area (Å²) in [6.45, 7) is 11.8. The molecule has 3 aliphatic heterocycles. The van der Waals surface area contributed by atoms with Crippen LogP contribution >= 0.6 is 0 Å². The van der Waals surface area contributed by atoms with Crippen molar-refractivity contribution in [2.75, 3.05) is 60.6 Å². The van der Waals surface area contributed by atoms with Gasteiger partial charge in [0.25, 0.3) is 20.2 Å². The van der Waals surface area contributed by atoms with E-state index in [0.717, 1.165) is 63.6 Å². The van der Waals surface area contributed by atoms with E-state index in [1.807, 2.05) is 41.3 Å². The summed E-state index contributed by atoms with van der Waals surface area (Å²) in [5.74, 6) is -1.50. The number of fused-ring (bicyclic) bond motifs is 2. The Morgan fingerprint density at radius 3 is 1.53 bits per heavy atom. The number of benzene rings is 2. The molecule has 15 heteroatoms. The molecular weight excluding hydrogens is 805 g/mol. The van der Waals surface area contributed by atoms with Gasteiger partial charge in [0.2, 0.25) is 11.6 Å². The quantitative estimate of drug-likeness (QED) is 0.101. The number of nitrogens with zero attached hydrogens (tertiary/aromatic N) is 4. The Bertz CT molecular complexity index is 2230. The lowest BCUT2D eigenvalue weighted by molar-refractivity contribution is -0.537. The van der Waals surface area contributed by atoms with Gasteiger partial charge in [0, 0.05) is 70.7 Å². The SMILES string of the molecule is CC1(C)C(=CC=C2CCC(=CC=C3N(CCCS(=O)(=O)O)c4ccccc4C3(C)C)C2=[N+]2CCN(C(=O)CCCCC(=O)O)CC2)N(CCCS(=O)(=O)O)c2ccccc21. The maximum atomic E-state index is 13.1. The number of allylic oxidation sites excluding steroid dienone is 8. The number of carboxylic acid groups (broad SMARTS) is 1. The zero-order valence-electron chi connectivity index (χ0n) is 35.1. The van der Waals surface area contributed by atoms with Crippen LogP contribution in [0.5, 0.6) is 0 Å². The zero-order valence-corrected chi connectivity index (χ0v) is 36.8. The molecule has 2 aromatic carbocycles. The number of carbonyl (C=O) groups is 2. The Hall–Kier alpha value is -4.57. The standard InChI is InChI=1S/C45H58N4O9S2/c1-44(2)35-13-5-7-15-37(35)48(25-11-31-59(53,54)55)39(44)23-21-33-19-20-34(43(33)47-29-27-46(28-30-47)41(50)17-9-10-18-42(51)52)22-24-40-45(3,4)36-14-6-8-16-38(36)49(40)26-12-32-60(56,57)58/h5-8,13-16,21-24H,9-12,17-20,25-32H2,1-4H3,(H2-,51,52,53,54,55,56,57,58)/p+1. The van der Waals surface area contributed by atoms with E-state index in [0.29, 0.717) is 58.5 Å². The summed E-state index contributed by atoms with van der Waals surface area (Å²) >= 11 is 0. The van der Waals surface area contributed by atoms with Gasteiger partial charge in [-0.1, -0.05) is 76.2 Å². The topological polar surface area (TPSA) is 176 Å². The second-order valence-electron chi connectivity index (χ2n) is 17.2. The van der Waals surface area contributed by atoms with E-state index in [2.05, 4.69) is 78.5 Å². The van der Waals surface area contributed by atoms with Crippen molar-refractivity contribution in [2.24, 2.45) is 0 Å². The maximum absolute atomic E-state index is 13.1. The Labute approximate surface area is 355 Å². The molecule has 60 heavy (non-hydrogen) atoms. The van der Waals surface area contributed by atoms with Gasteiger partial charge < -0.3 is 19.8 Å². The fourth-order valence-corrected chi connectivity index (χ4v) is 10.3. The first-order valence-corrected chi connectivity index (χ1v) is 24.1. The van der Waals surface area contributed by atoms with E-state index >= 15 is 0 Å². The van der Waals surface area contributed by atoms with Gasteiger partial charge in [0.1, 0.15) is 0 Å². The number of amides is 1. The lowest BCUT2D eigenvalue weighted by Crippen LogP contribution is -2.46. The lowest BCUT2D eigenvalue weighted by atomic mass is 9.83. The summed E-state index contributed by atoms with van der Waals surface area (Å²) in [6, 6.07) is 16.2. The monoisotopic (exact) mass is 863 g/mol. The summed E-state index contributed by atoms with van der Waals surface area (Å²) in [4.78, 5) is 30.3. The predicted molar refractivity (Wildman–Crippen MR) is 235 cm³/mol. The molecule has 3 heterocycles. The van der Waals surface area contributed by atoms with E-state index < -0.39 is 26.2 Å². The minimum atomic E-state index is -4.12. The number of piperazine rings is 1. The Balaban J connectivity index is 1.37. The van der Waals surface area contributed by atoms with E-state index in [-0.39, 0.29) is 47.5 Å². The number of para-hydroxylation sites is 2. The van der Waals surface area contributed by atoms with Gasteiger partial charge in [-0.2, -0.15) is 16.8 Å². The molecule has 2 fully saturated rings. The Morgan fingerprint density at radius 1 is 0.667 bits per heavy atom. The molecule has 0 bridgehead atoms. The van der Waals surface area contributed by atoms with Crippen molar-refractivity contribution in [3.63, 3.8) is 0 Å². The van der Waals surface area contributed by atoms with Gasteiger partial charge in [-0.3, -0.25) is 18.7 Å². The number of aliphatic carboxylic acids is 1. The molecule has 3 N–H and O–H groups in total. The van der Waals surface area contributed by atoms with Gasteiger partial charge in [-0.15, -0.1) is 0 Å². The van der Waals surface area contributed by atoms with Crippen molar-refractivity contribution in [1.29, 1.82) is 0 Å². The van der Waals surface area contributed by atoms with Crippen LogP contribution in [0.2, 0.25) is 0 Å². The molecule has 4 aliphatic rings. The highest BCUT2D eigenvalue weighted by molar-refractivity contribution is 7.86. The molecular formula is C45H59N4O9S2+. The summed E-state index contributed by atoms with van der Waals surface area (Å²) in [7, 11) is -8.24. The van der Waals surface area contributed by atoms with E-state index in [4.69, 9.17) is 5.11 Å². The van der Waals surface area contributed by atoms with Crippen LogP contribution in [0.3, 0.4) is 0 Å². The molecule has 2 aromatic rings. The number of hydrogen-bond donors (Lipinski definition) is 3. The van der Waals surface area contributed by atoms with Crippen molar-refractivity contribution >= 4 is 49.2 Å². The number of anilines is 2. The summed E-state index contributed by atoms with van der Waals surface area (Å²) in [5, 5.41) is 9.00. The molecule has 1 amide bonds. The molecule has 1 aliphatic carbocycles. The van der Waals surface area contributed by atoms with Crippen LogP contribution in [0.4, 0.5) is 11.4 Å². The van der Waals surface area contributed by atoms with Gasteiger partial charge in [0.05, 0.1) is 24.6 Å². The van der Waals surface area contributed by atoms with Crippen LogP contribution in [0.15, 0.2) is 95.4 Å². The van der Waals surface area contributed by atoms with Crippen LogP contribution in [0, 0.1) is 0 Å². The number of hydrogen-bond acceptors (Lipinski definition) is 8. The second kappa shape index (κ2) is 18.2. The molecule has 1 saturated carbocycles. The van der Waals surface area contributed by atoms with Crippen LogP contribution < -0.4 is 9.80 Å². The maximum Gasteiger partial charge on any atom is 0.303 e. The average molecular weight is 864 g/mol. The van der Waals surface area contributed by atoms with Gasteiger partial charge >= 0.3 is 5.97 Å². The number of unbranched alkanes of at least 4 members (excludes halogenated alkanes) is 1. The third-order valence-corrected chi connectivity index (χ3v) is 13.9. The molecule has 6 rings (SSSR count). The van der Waals surface area contributed by atoms with E-state index in [1.54, 1.807) is 0 Å². The molecule has 13 nitrogen and oxygen atoms in total. The molecule has 0 aromatic heterocycles.